The Kier molecular flexibility index (Phi) is 7.14. The molecule has 1 heterocycles. The van der Waals surface area contributed by atoms with Gasteiger partial charge in [-0.05, 0) is 41.3 Å². The van der Waals surface area contributed by atoms with Gasteiger partial charge in [-0.15, -0.1) is 0 Å². The number of benzene rings is 2. The summed E-state index contributed by atoms with van der Waals surface area (Å²) >= 11 is 6.27. The highest BCUT2D eigenvalue weighted by molar-refractivity contribution is 6.31. The molecule has 0 radical (unpaired) electrons. The molecule has 2 aromatic carbocycles. The highest BCUT2D eigenvalue weighted by Gasteiger charge is 2.45. The van der Waals surface area contributed by atoms with Crippen molar-refractivity contribution in [3.63, 3.8) is 0 Å². The molecule has 1 fully saturated rings. The average Bonchev–Trinajstić information content (AvgIpc) is 2.71. The highest BCUT2D eigenvalue weighted by Crippen LogP contribution is 2.37. The van der Waals surface area contributed by atoms with E-state index in [1.165, 1.54) is 12.1 Å². The van der Waals surface area contributed by atoms with Crippen molar-refractivity contribution in [2.45, 2.75) is 43.1 Å². The Balaban J connectivity index is 1.77. The van der Waals surface area contributed by atoms with E-state index in [4.69, 9.17) is 16.3 Å². The summed E-state index contributed by atoms with van der Waals surface area (Å²) in [4.78, 5) is 0. The van der Waals surface area contributed by atoms with Crippen molar-refractivity contribution in [3.8, 4) is 5.75 Å². The summed E-state index contributed by atoms with van der Waals surface area (Å²) in [5.41, 5.74) is 1.81. The first-order valence-electron chi connectivity index (χ1n) is 9.44. The van der Waals surface area contributed by atoms with Gasteiger partial charge < -0.3 is 29.9 Å². The lowest BCUT2D eigenvalue weighted by atomic mass is 9.90. The lowest BCUT2D eigenvalue weighted by Gasteiger charge is -2.41. The monoisotopic (exact) mass is 462 g/mol. The zero-order valence-electron chi connectivity index (χ0n) is 16.2. The minimum Gasteiger partial charge on any atom is -0.484 e. The van der Waals surface area contributed by atoms with E-state index in [-0.39, 0.29) is 12.2 Å². The molecule has 4 N–H and O–H groups in total. The van der Waals surface area contributed by atoms with Crippen molar-refractivity contribution in [3.05, 3.63) is 64.2 Å². The highest BCUT2D eigenvalue weighted by atomic mass is 35.5. The smallest absolute Gasteiger partial charge is 0.422 e. The fourth-order valence-corrected chi connectivity index (χ4v) is 3.55. The molecule has 4 atom stereocenters. The normalized spacial score (nSPS) is 26.6. The molecule has 1 aliphatic heterocycles. The van der Waals surface area contributed by atoms with Gasteiger partial charge in [-0.25, -0.2) is 0 Å². The third-order valence-corrected chi connectivity index (χ3v) is 5.31. The van der Waals surface area contributed by atoms with Crippen LogP contribution in [0.5, 0.6) is 5.75 Å². The van der Waals surface area contributed by atoms with Gasteiger partial charge in [-0.2, -0.15) is 13.2 Å². The molecule has 0 amide bonds. The third-order valence-electron chi connectivity index (χ3n) is 4.94. The summed E-state index contributed by atoms with van der Waals surface area (Å²) < 4.78 is 46.9. The van der Waals surface area contributed by atoms with Crippen LogP contribution in [0.4, 0.5) is 13.2 Å². The van der Waals surface area contributed by atoms with Gasteiger partial charge in [0.05, 0.1) is 12.7 Å². The Morgan fingerprint density at radius 1 is 1.13 bits per heavy atom. The maximum Gasteiger partial charge on any atom is 0.422 e. The van der Waals surface area contributed by atoms with Crippen LogP contribution >= 0.6 is 11.6 Å². The molecular formula is C21H22ClF3O6. The van der Waals surface area contributed by atoms with Crippen LogP contribution in [0.25, 0.3) is 0 Å². The van der Waals surface area contributed by atoms with E-state index in [2.05, 4.69) is 4.74 Å². The van der Waals surface area contributed by atoms with Crippen LogP contribution in [0.2, 0.25) is 5.02 Å². The molecule has 1 aliphatic rings. The van der Waals surface area contributed by atoms with Gasteiger partial charge in [0.25, 0.3) is 0 Å². The number of halogens is 4. The van der Waals surface area contributed by atoms with Crippen molar-refractivity contribution in [2.75, 3.05) is 13.2 Å². The van der Waals surface area contributed by atoms with E-state index in [1.807, 2.05) is 0 Å². The van der Waals surface area contributed by atoms with Gasteiger partial charge in [0, 0.05) is 11.4 Å². The molecule has 2 unspecified atom stereocenters. The van der Waals surface area contributed by atoms with Crippen molar-refractivity contribution in [1.29, 1.82) is 0 Å². The van der Waals surface area contributed by atoms with Gasteiger partial charge in [0.1, 0.15) is 18.0 Å². The number of aliphatic hydroxyl groups excluding tert-OH is 3. The fraction of sp³-hybridized carbons (Fsp3) is 0.429. The maximum atomic E-state index is 12.3. The number of aliphatic hydroxyl groups is 4. The van der Waals surface area contributed by atoms with E-state index in [0.717, 1.165) is 5.56 Å². The first-order valence-corrected chi connectivity index (χ1v) is 9.81. The Morgan fingerprint density at radius 2 is 1.81 bits per heavy atom. The van der Waals surface area contributed by atoms with Crippen LogP contribution in [-0.4, -0.2) is 57.8 Å². The van der Waals surface area contributed by atoms with E-state index < -0.39 is 43.5 Å². The number of hydrogen-bond donors (Lipinski definition) is 4. The van der Waals surface area contributed by atoms with Crippen molar-refractivity contribution >= 4 is 11.6 Å². The quantitative estimate of drug-likeness (QED) is 0.527. The molecule has 2 aromatic rings. The van der Waals surface area contributed by atoms with Gasteiger partial charge in [-0.1, -0.05) is 35.9 Å². The van der Waals surface area contributed by atoms with Gasteiger partial charge in [0.2, 0.25) is 0 Å². The number of hydrogen-bond acceptors (Lipinski definition) is 6. The van der Waals surface area contributed by atoms with E-state index in [1.54, 1.807) is 30.3 Å². The predicted octanol–water partition coefficient (Wildman–Crippen LogP) is 2.74. The number of alkyl halides is 3. The zero-order valence-corrected chi connectivity index (χ0v) is 17.0. The molecule has 0 saturated carbocycles. The fourth-order valence-electron chi connectivity index (χ4n) is 3.37. The Hall–Kier alpha value is -1.88. The molecule has 31 heavy (non-hydrogen) atoms. The summed E-state index contributed by atoms with van der Waals surface area (Å²) in [5, 5.41) is 40.3. The summed E-state index contributed by atoms with van der Waals surface area (Å²) in [7, 11) is 0. The molecule has 0 bridgehead atoms. The first kappa shape index (κ1) is 23.8. The lowest BCUT2D eigenvalue weighted by Crippen LogP contribution is -2.52. The van der Waals surface area contributed by atoms with Gasteiger partial charge >= 0.3 is 6.18 Å². The van der Waals surface area contributed by atoms with Crippen molar-refractivity contribution in [1.82, 2.24) is 0 Å². The topological polar surface area (TPSA) is 99.4 Å². The SMILES string of the molecule is OC[C@]1(O)CC(O)[C@@H](O)C(c2ccc(Cl)c(Cc3ccc(OCC(F)(F)F)cc3)c2)O1. The zero-order chi connectivity index (χ0) is 22.8. The van der Waals surface area contributed by atoms with Crippen LogP contribution in [0.3, 0.4) is 0 Å². The number of ether oxygens (including phenoxy) is 2. The molecule has 0 aliphatic carbocycles. The van der Waals surface area contributed by atoms with Gasteiger partial charge in [-0.3, -0.25) is 0 Å². The number of rotatable bonds is 6. The molecule has 10 heteroatoms. The standard InChI is InChI=1S/C21H22ClF3O6/c22-16-6-3-13(19-18(28)17(27)9-20(29,10-26)31-19)8-14(16)7-12-1-4-15(5-2-12)30-11-21(23,24)25/h1-6,8,17-19,26-29H,7,9-11H2/t17?,18-,19?,20+/m1/s1. The van der Waals surface area contributed by atoms with Crippen molar-refractivity contribution in [2.24, 2.45) is 0 Å². The van der Waals surface area contributed by atoms with Crippen molar-refractivity contribution < 1.29 is 43.1 Å². The van der Waals surface area contributed by atoms with Crippen LogP contribution in [-0.2, 0) is 11.2 Å². The minimum atomic E-state index is -4.42. The van der Waals surface area contributed by atoms with Crippen LogP contribution in [0, 0.1) is 0 Å². The van der Waals surface area contributed by atoms with Crippen LogP contribution in [0.1, 0.15) is 29.2 Å². The third kappa shape index (κ3) is 6.09. The summed E-state index contributed by atoms with van der Waals surface area (Å²) in [6.07, 6.45) is -8.18. The summed E-state index contributed by atoms with van der Waals surface area (Å²) in [5.74, 6) is -1.91. The minimum absolute atomic E-state index is 0.0805. The molecule has 1 saturated heterocycles. The molecule has 3 rings (SSSR count). The molecule has 0 spiro atoms. The summed E-state index contributed by atoms with van der Waals surface area (Å²) in [6.45, 7) is -2.13. The molecular weight excluding hydrogens is 441 g/mol. The summed E-state index contributed by atoms with van der Waals surface area (Å²) in [6, 6.07) is 10.8. The van der Waals surface area contributed by atoms with E-state index in [0.29, 0.717) is 22.6 Å². The Labute approximate surface area is 181 Å². The molecule has 170 valence electrons. The Bertz CT molecular complexity index is 892. The maximum absolute atomic E-state index is 12.3. The van der Waals surface area contributed by atoms with Crippen LogP contribution < -0.4 is 4.74 Å². The van der Waals surface area contributed by atoms with Crippen LogP contribution in [0.15, 0.2) is 42.5 Å². The average molecular weight is 463 g/mol. The second-order valence-electron chi connectivity index (χ2n) is 7.48. The van der Waals surface area contributed by atoms with E-state index in [9.17, 15) is 33.6 Å². The lowest BCUT2D eigenvalue weighted by molar-refractivity contribution is -0.314. The second-order valence-corrected chi connectivity index (χ2v) is 7.89. The van der Waals surface area contributed by atoms with E-state index >= 15 is 0 Å². The molecule has 6 nitrogen and oxygen atoms in total. The molecule has 0 aromatic heterocycles. The second kappa shape index (κ2) is 9.32. The first-order chi connectivity index (χ1) is 14.5. The largest absolute Gasteiger partial charge is 0.484 e. The Morgan fingerprint density at radius 3 is 2.42 bits per heavy atom. The predicted molar refractivity (Wildman–Crippen MR) is 105 cm³/mol. The van der Waals surface area contributed by atoms with Gasteiger partial charge in [0.15, 0.2) is 12.4 Å².